The van der Waals surface area contributed by atoms with Gasteiger partial charge in [0.25, 0.3) is 0 Å². The lowest BCUT2D eigenvalue weighted by atomic mass is 9.97. The number of fused-ring (bicyclic) bond motifs is 1. The van der Waals surface area contributed by atoms with E-state index in [2.05, 4.69) is 5.32 Å². The zero-order valence-corrected chi connectivity index (χ0v) is 10.0. The van der Waals surface area contributed by atoms with E-state index < -0.39 is 11.7 Å². The van der Waals surface area contributed by atoms with Gasteiger partial charge in [0.05, 0.1) is 16.9 Å². The van der Waals surface area contributed by atoms with Crippen molar-refractivity contribution in [3.05, 3.63) is 23.8 Å². The Bertz CT molecular complexity index is 438. The first-order chi connectivity index (χ1) is 7.71. The standard InChI is InChI=1S/C12H15F3N2/c1-11(2)7-17(3)9-6-4-5-8(10(9)16-11)12(13,14)15/h4-6,16H,7H2,1-3H3. The van der Waals surface area contributed by atoms with E-state index in [0.29, 0.717) is 12.2 Å². The molecule has 0 saturated carbocycles. The van der Waals surface area contributed by atoms with Crippen LogP contribution in [0.15, 0.2) is 18.2 Å². The van der Waals surface area contributed by atoms with Crippen molar-refractivity contribution in [2.24, 2.45) is 0 Å². The number of nitrogens with one attached hydrogen (secondary N) is 1. The first-order valence-corrected chi connectivity index (χ1v) is 5.40. The normalized spacial score (nSPS) is 18.6. The van der Waals surface area contributed by atoms with Gasteiger partial charge in [0.15, 0.2) is 0 Å². The molecule has 0 atom stereocenters. The van der Waals surface area contributed by atoms with Crippen LogP contribution in [0.1, 0.15) is 19.4 Å². The molecule has 1 heterocycles. The number of alkyl halides is 3. The number of halogens is 3. The molecule has 0 aromatic heterocycles. The zero-order chi connectivity index (χ0) is 12.8. The van der Waals surface area contributed by atoms with E-state index in [1.165, 1.54) is 6.07 Å². The van der Waals surface area contributed by atoms with Crippen molar-refractivity contribution >= 4 is 11.4 Å². The summed E-state index contributed by atoms with van der Waals surface area (Å²) in [5, 5.41) is 2.98. The molecule has 94 valence electrons. The van der Waals surface area contributed by atoms with Crippen LogP contribution in [0.5, 0.6) is 0 Å². The Labute approximate surface area is 98.4 Å². The number of benzene rings is 1. The molecule has 1 aliphatic heterocycles. The first kappa shape index (κ1) is 12.1. The van der Waals surface area contributed by atoms with E-state index in [9.17, 15) is 13.2 Å². The molecule has 0 aliphatic carbocycles. The van der Waals surface area contributed by atoms with Crippen LogP contribution in [0.25, 0.3) is 0 Å². The molecule has 2 rings (SSSR count). The van der Waals surface area contributed by atoms with E-state index in [-0.39, 0.29) is 11.2 Å². The van der Waals surface area contributed by atoms with Gasteiger partial charge in [-0.2, -0.15) is 13.2 Å². The van der Waals surface area contributed by atoms with Gasteiger partial charge >= 0.3 is 6.18 Å². The van der Waals surface area contributed by atoms with Crippen molar-refractivity contribution in [1.29, 1.82) is 0 Å². The summed E-state index contributed by atoms with van der Waals surface area (Å²) in [7, 11) is 1.81. The lowest BCUT2D eigenvalue weighted by molar-refractivity contribution is -0.137. The maximum atomic E-state index is 12.9. The number of nitrogens with zero attached hydrogens (tertiary/aromatic N) is 1. The fourth-order valence-corrected chi connectivity index (χ4v) is 2.28. The van der Waals surface area contributed by atoms with Crippen molar-refractivity contribution in [2.45, 2.75) is 25.6 Å². The van der Waals surface area contributed by atoms with E-state index >= 15 is 0 Å². The van der Waals surface area contributed by atoms with Crippen LogP contribution in [0.2, 0.25) is 0 Å². The van der Waals surface area contributed by atoms with Gasteiger partial charge in [-0.05, 0) is 26.0 Å². The van der Waals surface area contributed by atoms with Crippen molar-refractivity contribution in [3.63, 3.8) is 0 Å². The highest BCUT2D eigenvalue weighted by Gasteiger charge is 2.38. The summed E-state index contributed by atoms with van der Waals surface area (Å²) in [6, 6.07) is 4.26. The molecule has 1 aromatic rings. The van der Waals surface area contributed by atoms with Gasteiger partial charge in [-0.3, -0.25) is 0 Å². The number of para-hydroxylation sites is 1. The second kappa shape index (κ2) is 3.55. The maximum Gasteiger partial charge on any atom is 0.418 e. The van der Waals surface area contributed by atoms with E-state index in [1.54, 1.807) is 6.07 Å². The Balaban J connectivity index is 2.58. The minimum atomic E-state index is -4.33. The average molecular weight is 244 g/mol. The highest BCUT2D eigenvalue weighted by molar-refractivity contribution is 5.77. The molecule has 0 radical (unpaired) electrons. The van der Waals surface area contributed by atoms with Crippen molar-refractivity contribution in [2.75, 3.05) is 23.8 Å². The van der Waals surface area contributed by atoms with Gasteiger partial charge < -0.3 is 10.2 Å². The summed E-state index contributed by atoms with van der Waals surface area (Å²) < 4.78 is 38.7. The minimum Gasteiger partial charge on any atom is -0.376 e. The predicted octanol–water partition coefficient (Wildman–Crippen LogP) is 3.35. The van der Waals surface area contributed by atoms with Gasteiger partial charge in [0.2, 0.25) is 0 Å². The van der Waals surface area contributed by atoms with Crippen LogP contribution in [0.3, 0.4) is 0 Å². The van der Waals surface area contributed by atoms with Crippen LogP contribution < -0.4 is 10.2 Å². The molecule has 17 heavy (non-hydrogen) atoms. The molecule has 5 heteroatoms. The zero-order valence-electron chi connectivity index (χ0n) is 10.0. The SMILES string of the molecule is CN1CC(C)(C)Nc2c1cccc2C(F)(F)F. The quantitative estimate of drug-likeness (QED) is 0.753. The summed E-state index contributed by atoms with van der Waals surface area (Å²) in [5.74, 6) is 0. The minimum absolute atomic E-state index is 0.179. The number of hydrogen-bond acceptors (Lipinski definition) is 2. The maximum absolute atomic E-state index is 12.9. The Hall–Kier alpha value is -1.39. The number of likely N-dealkylation sites (N-methyl/N-ethyl adjacent to an activating group) is 1. The van der Waals surface area contributed by atoms with Crippen molar-refractivity contribution < 1.29 is 13.2 Å². The highest BCUT2D eigenvalue weighted by atomic mass is 19.4. The molecule has 0 amide bonds. The molecule has 1 aliphatic rings. The average Bonchev–Trinajstić information content (AvgIpc) is 2.13. The molecule has 0 spiro atoms. The molecular weight excluding hydrogens is 229 g/mol. The largest absolute Gasteiger partial charge is 0.418 e. The summed E-state index contributed by atoms with van der Waals surface area (Å²) >= 11 is 0. The third-order valence-corrected chi connectivity index (χ3v) is 2.85. The van der Waals surface area contributed by atoms with Gasteiger partial charge in [0.1, 0.15) is 0 Å². The molecule has 1 N–H and O–H groups in total. The van der Waals surface area contributed by atoms with Gasteiger partial charge in [-0.25, -0.2) is 0 Å². The fraction of sp³-hybridized carbons (Fsp3) is 0.500. The van der Waals surface area contributed by atoms with Crippen LogP contribution in [0, 0.1) is 0 Å². The predicted molar refractivity (Wildman–Crippen MR) is 62.4 cm³/mol. The first-order valence-electron chi connectivity index (χ1n) is 5.40. The fourth-order valence-electron chi connectivity index (χ4n) is 2.28. The Morgan fingerprint density at radius 3 is 2.53 bits per heavy atom. The molecule has 2 nitrogen and oxygen atoms in total. The van der Waals surface area contributed by atoms with Crippen LogP contribution in [-0.4, -0.2) is 19.1 Å². The van der Waals surface area contributed by atoms with Crippen LogP contribution in [0.4, 0.5) is 24.5 Å². The molecule has 0 saturated heterocycles. The monoisotopic (exact) mass is 244 g/mol. The molecular formula is C12H15F3N2. The third kappa shape index (κ3) is 2.18. The van der Waals surface area contributed by atoms with Crippen LogP contribution >= 0.6 is 0 Å². The number of rotatable bonds is 0. The Morgan fingerprint density at radius 2 is 1.94 bits per heavy atom. The lowest BCUT2D eigenvalue weighted by Gasteiger charge is -2.41. The van der Waals surface area contributed by atoms with Crippen molar-refractivity contribution in [1.82, 2.24) is 0 Å². The molecule has 1 aromatic carbocycles. The van der Waals surface area contributed by atoms with Crippen LogP contribution in [-0.2, 0) is 6.18 Å². The summed E-state index contributed by atoms with van der Waals surface area (Å²) in [6.07, 6.45) is -4.33. The second-order valence-corrected chi connectivity index (χ2v) is 5.06. The van der Waals surface area contributed by atoms with Gasteiger partial charge in [-0.15, -0.1) is 0 Å². The molecule has 0 bridgehead atoms. The second-order valence-electron chi connectivity index (χ2n) is 5.06. The van der Waals surface area contributed by atoms with E-state index in [4.69, 9.17) is 0 Å². The van der Waals surface area contributed by atoms with Crippen molar-refractivity contribution in [3.8, 4) is 0 Å². The third-order valence-electron chi connectivity index (χ3n) is 2.85. The topological polar surface area (TPSA) is 15.3 Å². The van der Waals surface area contributed by atoms with Gasteiger partial charge in [-0.1, -0.05) is 6.07 Å². The summed E-state index contributed by atoms with van der Waals surface area (Å²) in [6.45, 7) is 4.44. The molecule has 0 fully saturated rings. The summed E-state index contributed by atoms with van der Waals surface area (Å²) in [4.78, 5) is 1.85. The summed E-state index contributed by atoms with van der Waals surface area (Å²) in [5.41, 5.74) is -0.198. The van der Waals surface area contributed by atoms with E-state index in [0.717, 1.165) is 6.07 Å². The lowest BCUT2D eigenvalue weighted by Crippen LogP contribution is -2.47. The Morgan fingerprint density at radius 1 is 1.29 bits per heavy atom. The Kier molecular flexibility index (Phi) is 2.52. The number of hydrogen-bond donors (Lipinski definition) is 1. The molecule has 0 unspecified atom stereocenters. The smallest absolute Gasteiger partial charge is 0.376 e. The van der Waals surface area contributed by atoms with E-state index in [1.807, 2.05) is 25.8 Å². The van der Waals surface area contributed by atoms with Gasteiger partial charge in [0, 0.05) is 19.1 Å². The highest BCUT2D eigenvalue weighted by Crippen LogP contribution is 2.43. The number of anilines is 2.